The molecule has 0 saturated heterocycles. The summed E-state index contributed by atoms with van der Waals surface area (Å²) in [5.41, 5.74) is 9.40. The van der Waals surface area contributed by atoms with Crippen LogP contribution in [0.3, 0.4) is 0 Å². The van der Waals surface area contributed by atoms with Gasteiger partial charge in [0.2, 0.25) is 0 Å². The Morgan fingerprint density at radius 3 is 1.53 bits per heavy atom. The number of fused-ring (bicyclic) bond motifs is 3. The van der Waals surface area contributed by atoms with Crippen molar-refractivity contribution in [1.82, 2.24) is 0 Å². The first kappa shape index (κ1) is 30.7. The molecule has 0 unspecified atom stereocenters. The zero-order chi connectivity index (χ0) is 19.8. The number of nitrogens with one attached hydrogen (secondary N) is 1. The van der Waals surface area contributed by atoms with Crippen molar-refractivity contribution in [1.29, 1.82) is 0 Å². The summed E-state index contributed by atoms with van der Waals surface area (Å²) in [7, 11) is 1.08. The topological polar surface area (TPSA) is 40.9 Å². The van der Waals surface area contributed by atoms with Crippen LogP contribution in [0.4, 0.5) is 0 Å². The largest absolute Gasteiger partial charge is 4.00 e. The van der Waals surface area contributed by atoms with Gasteiger partial charge in [0.15, 0.2) is 0 Å². The van der Waals surface area contributed by atoms with Crippen LogP contribution in [0.1, 0.15) is 21.5 Å². The van der Waals surface area contributed by atoms with E-state index >= 15 is 0 Å². The van der Waals surface area contributed by atoms with Gasteiger partial charge in [-0.1, -0.05) is 78.8 Å². The second-order valence-corrected chi connectivity index (χ2v) is 7.52. The Morgan fingerprint density at radius 2 is 1.17 bits per heavy atom. The van der Waals surface area contributed by atoms with E-state index < -0.39 is 5.91 Å². The van der Waals surface area contributed by atoms with Crippen LogP contribution in [-0.4, -0.2) is 15.4 Å². The molecular formula is C24H25Cl2NOSiTi. The third-order valence-electron chi connectivity index (χ3n) is 4.01. The van der Waals surface area contributed by atoms with Crippen LogP contribution < -0.4 is 24.8 Å². The maximum absolute atomic E-state index is 10.6. The quantitative estimate of drug-likeness (QED) is 0.290. The first-order valence-electron chi connectivity index (χ1n) is 8.92. The van der Waals surface area contributed by atoms with Gasteiger partial charge in [-0.15, -0.1) is 39.7 Å². The van der Waals surface area contributed by atoms with E-state index in [9.17, 15) is 4.79 Å². The molecule has 0 aromatic heterocycles. The maximum Gasteiger partial charge on any atom is 4.00 e. The fourth-order valence-electron chi connectivity index (χ4n) is 3.01. The molecule has 0 aliphatic heterocycles. The Morgan fingerprint density at radius 1 is 0.800 bits per heavy atom. The minimum atomic E-state index is -0.614. The molecule has 4 aromatic rings. The van der Waals surface area contributed by atoms with E-state index in [0.29, 0.717) is 5.56 Å². The second kappa shape index (κ2) is 15.3. The molecule has 154 valence electrons. The molecule has 2 radical (unpaired) electrons. The standard InChI is InChI=1S/C13H9.C9H11NO.C2H6Si.2ClH.Ti/c1-3-7-12-10(5-1)9-11-6-2-4-8-13(11)12;1-6-3-7(2)5-8(4-6)9(10)11;1-3-2;;;/h1-9H;3-5H,1-2H3,(H2,10,11);1-2H3;2*1H;/q-1;;;;;+4/p-3. The predicted molar refractivity (Wildman–Crippen MR) is 119 cm³/mol. The summed E-state index contributed by atoms with van der Waals surface area (Å²) in [4.78, 5) is 10.6. The van der Waals surface area contributed by atoms with Crippen molar-refractivity contribution >= 4 is 37.0 Å². The van der Waals surface area contributed by atoms with Crippen LogP contribution in [-0.2, 0) is 21.7 Å². The average Bonchev–Trinajstić information content (AvgIpc) is 3.01. The van der Waals surface area contributed by atoms with Crippen LogP contribution in [0, 0.1) is 13.8 Å². The number of halogens is 2. The Labute approximate surface area is 209 Å². The number of amides is 1. The zero-order valence-corrected chi connectivity index (χ0v) is 21.7. The summed E-state index contributed by atoms with van der Waals surface area (Å²) >= 11 is 0. The third kappa shape index (κ3) is 8.71. The van der Waals surface area contributed by atoms with E-state index in [1.54, 1.807) is 12.1 Å². The van der Waals surface area contributed by atoms with Crippen LogP contribution in [0.15, 0.2) is 72.8 Å². The Kier molecular flexibility index (Phi) is 15.7. The fourth-order valence-corrected chi connectivity index (χ4v) is 3.01. The smallest absolute Gasteiger partial charge is 1.00 e. The van der Waals surface area contributed by atoms with Gasteiger partial charge in [0.05, 0.1) is 5.91 Å². The van der Waals surface area contributed by atoms with E-state index in [2.05, 4.69) is 67.7 Å². The fraction of sp³-hybridized carbons (Fsp3) is 0.167. The average molecular weight is 490 g/mol. The Hall–Kier alpha value is -1.49. The molecule has 30 heavy (non-hydrogen) atoms. The minimum absolute atomic E-state index is 0. The molecule has 1 N–H and O–H groups in total. The van der Waals surface area contributed by atoms with Gasteiger partial charge in [0, 0.05) is 9.52 Å². The van der Waals surface area contributed by atoms with Crippen molar-refractivity contribution < 1.29 is 51.3 Å². The number of carbonyl (C=O) groups excluding carboxylic acids is 1. The molecule has 0 atom stereocenters. The predicted octanol–water partition coefficient (Wildman–Crippen LogP) is 1.00. The molecule has 0 fully saturated rings. The van der Waals surface area contributed by atoms with Crippen molar-refractivity contribution in [2.75, 3.05) is 0 Å². The monoisotopic (exact) mass is 489 g/mol. The van der Waals surface area contributed by atoms with Crippen molar-refractivity contribution in [3.8, 4) is 0 Å². The van der Waals surface area contributed by atoms with Crippen molar-refractivity contribution in [2.45, 2.75) is 26.9 Å². The van der Waals surface area contributed by atoms with E-state index in [-0.39, 0.29) is 46.5 Å². The zero-order valence-electron chi connectivity index (χ0n) is 17.6. The van der Waals surface area contributed by atoms with Crippen LogP contribution in [0.5, 0.6) is 0 Å². The molecule has 0 bridgehead atoms. The summed E-state index contributed by atoms with van der Waals surface area (Å²) in [5.74, 6) is -0.614. The van der Waals surface area contributed by atoms with E-state index in [1.165, 1.54) is 21.5 Å². The molecule has 2 nitrogen and oxygen atoms in total. The van der Waals surface area contributed by atoms with E-state index in [1.807, 2.05) is 19.9 Å². The van der Waals surface area contributed by atoms with Gasteiger partial charge < -0.3 is 35.3 Å². The number of rotatable bonds is 1. The van der Waals surface area contributed by atoms with Crippen LogP contribution >= 0.6 is 0 Å². The summed E-state index contributed by atoms with van der Waals surface area (Å²) in [6.07, 6.45) is 0. The number of aryl methyl sites for hydroxylation is 2. The SMILES string of the molecule is C[Si]C.Cc1cc(C)cc(C([NH-])=O)c1.[Cl-].[Cl-].[Ti+4].c1ccc2c(c1)[cH-]c1ccccc12. The first-order chi connectivity index (χ1) is 13.0. The Balaban J connectivity index is 0. The van der Waals surface area contributed by atoms with E-state index in [0.717, 1.165) is 20.6 Å². The number of benzene rings is 3. The molecule has 4 aromatic carbocycles. The van der Waals surface area contributed by atoms with Crippen LogP contribution in [0.25, 0.3) is 27.3 Å². The molecule has 0 aliphatic rings. The van der Waals surface area contributed by atoms with Gasteiger partial charge in [-0.05, 0) is 19.4 Å². The first-order valence-corrected chi connectivity index (χ1v) is 10.9. The van der Waals surface area contributed by atoms with Gasteiger partial charge >= 0.3 is 21.7 Å². The van der Waals surface area contributed by atoms with Crippen molar-refractivity contribution in [3.05, 3.63) is 95.2 Å². The molecule has 1 amide bonds. The minimum Gasteiger partial charge on any atom is -1.00 e. The van der Waals surface area contributed by atoms with Crippen LogP contribution in [0.2, 0.25) is 13.1 Å². The summed E-state index contributed by atoms with van der Waals surface area (Å²) in [5, 5.41) is 5.39. The third-order valence-corrected chi connectivity index (χ3v) is 4.01. The molecule has 0 aliphatic carbocycles. The van der Waals surface area contributed by atoms with Gasteiger partial charge in [0.1, 0.15) is 0 Å². The number of hydrogen-bond donors (Lipinski definition) is 0. The summed E-state index contributed by atoms with van der Waals surface area (Å²) < 4.78 is 0. The second-order valence-electron chi connectivity index (χ2n) is 6.52. The Bertz CT molecular complexity index is 979. The maximum atomic E-state index is 10.6. The van der Waals surface area contributed by atoms with E-state index in [4.69, 9.17) is 5.73 Å². The molecule has 0 spiro atoms. The molecule has 6 heteroatoms. The van der Waals surface area contributed by atoms with Crippen molar-refractivity contribution in [3.63, 3.8) is 0 Å². The molecule has 0 saturated carbocycles. The van der Waals surface area contributed by atoms with Crippen molar-refractivity contribution in [2.24, 2.45) is 0 Å². The van der Waals surface area contributed by atoms with Gasteiger partial charge in [0.25, 0.3) is 0 Å². The normalized spacial score (nSPS) is 8.93. The number of carbonyl (C=O) groups is 1. The number of hydrogen-bond acceptors (Lipinski definition) is 1. The molecular weight excluding hydrogens is 465 g/mol. The summed E-state index contributed by atoms with van der Waals surface area (Å²) in [6.45, 7) is 8.14. The van der Waals surface area contributed by atoms with Gasteiger partial charge in [-0.25, -0.2) is 0 Å². The van der Waals surface area contributed by atoms with Gasteiger partial charge in [-0.2, -0.15) is 0 Å². The summed E-state index contributed by atoms with van der Waals surface area (Å²) in [6, 6.07) is 24.7. The van der Waals surface area contributed by atoms with Gasteiger partial charge in [-0.3, -0.25) is 0 Å². The molecule has 0 heterocycles. The molecule has 4 rings (SSSR count).